The highest BCUT2D eigenvalue weighted by Gasteiger charge is 2.19. The van der Waals surface area contributed by atoms with Gasteiger partial charge in [-0.2, -0.15) is 0 Å². The molecule has 3 nitrogen and oxygen atoms in total. The molecule has 2 aromatic heterocycles. The van der Waals surface area contributed by atoms with Gasteiger partial charge in [0.15, 0.2) is 0 Å². The van der Waals surface area contributed by atoms with Crippen molar-refractivity contribution in [1.29, 1.82) is 0 Å². The maximum atomic E-state index is 5.48. The molecule has 0 aliphatic carbocycles. The van der Waals surface area contributed by atoms with Crippen LogP contribution in [0.3, 0.4) is 0 Å². The second kappa shape index (κ2) is 14.3. The molecule has 0 unspecified atom stereocenters. The van der Waals surface area contributed by atoms with Gasteiger partial charge in [0.1, 0.15) is 0 Å². The zero-order valence-corrected chi connectivity index (χ0v) is 33.2. The summed E-state index contributed by atoms with van der Waals surface area (Å²) in [6.45, 7) is 0. The molecular weight excluding hydrogens is 739 g/mol. The topological polar surface area (TPSA) is 30.7 Å². The van der Waals surface area contributed by atoms with Gasteiger partial charge in [-0.1, -0.05) is 194 Å². The predicted molar refractivity (Wildman–Crippen MR) is 256 cm³/mol. The molecule has 0 saturated carbocycles. The molecule has 0 saturated heterocycles. The Morgan fingerprint density at radius 1 is 0.295 bits per heavy atom. The molecule has 284 valence electrons. The van der Waals surface area contributed by atoms with Crippen LogP contribution in [0.15, 0.2) is 224 Å². The smallest absolute Gasteiger partial charge is 0.235 e. The number of nitrogens with zero attached hydrogens (tertiary/aromatic N) is 3. The van der Waals surface area contributed by atoms with E-state index in [4.69, 9.17) is 9.97 Å². The lowest BCUT2D eigenvalue weighted by Crippen LogP contribution is -2.03. The standard InChI is InChI=1S/C58H37N3/c1-2-14-38(15-3-1)39-30-32-41(33-31-39)48-26-12-18-42-19-13-27-49(56(42)48)43-20-10-21-45(36-43)57-51-24-6-8-28-53(51)59-58(60-57)61-54-29-9-7-23-50(54)52-37-44(34-35-55(52)61)47-25-11-17-40-16-4-5-22-46(40)47/h1-37H. The highest BCUT2D eigenvalue weighted by Crippen LogP contribution is 2.40. The molecule has 10 aromatic carbocycles. The monoisotopic (exact) mass is 775 g/mol. The third-order valence-corrected chi connectivity index (χ3v) is 12.2. The van der Waals surface area contributed by atoms with Crippen LogP contribution >= 0.6 is 0 Å². The first-order valence-electron chi connectivity index (χ1n) is 20.8. The molecule has 0 aliphatic heterocycles. The molecule has 0 spiro atoms. The lowest BCUT2D eigenvalue weighted by Gasteiger charge is -2.15. The van der Waals surface area contributed by atoms with E-state index in [-0.39, 0.29) is 0 Å². The summed E-state index contributed by atoms with van der Waals surface area (Å²) in [6.07, 6.45) is 0. The van der Waals surface area contributed by atoms with Crippen LogP contribution in [0.2, 0.25) is 0 Å². The van der Waals surface area contributed by atoms with Crippen molar-refractivity contribution in [3.8, 4) is 61.7 Å². The summed E-state index contributed by atoms with van der Waals surface area (Å²) in [5.74, 6) is 0.648. The molecule has 0 N–H and O–H groups in total. The predicted octanol–water partition coefficient (Wildman–Crippen LogP) is 15.4. The van der Waals surface area contributed by atoms with Crippen LogP contribution in [0.25, 0.3) is 116 Å². The second-order valence-corrected chi connectivity index (χ2v) is 15.7. The van der Waals surface area contributed by atoms with Crippen molar-refractivity contribution >= 4 is 54.3 Å². The van der Waals surface area contributed by atoms with Crippen LogP contribution in [0.5, 0.6) is 0 Å². The quantitative estimate of drug-likeness (QED) is 0.168. The van der Waals surface area contributed by atoms with E-state index in [2.05, 4.69) is 229 Å². The van der Waals surface area contributed by atoms with E-state index in [1.165, 1.54) is 71.3 Å². The summed E-state index contributed by atoms with van der Waals surface area (Å²) in [7, 11) is 0. The summed E-state index contributed by atoms with van der Waals surface area (Å²) in [6, 6.07) is 80.6. The number of rotatable bonds is 6. The van der Waals surface area contributed by atoms with E-state index in [1.54, 1.807) is 0 Å². The number of para-hydroxylation sites is 2. The largest absolute Gasteiger partial charge is 0.278 e. The van der Waals surface area contributed by atoms with E-state index in [0.717, 1.165) is 38.8 Å². The average molecular weight is 776 g/mol. The van der Waals surface area contributed by atoms with E-state index in [0.29, 0.717) is 5.95 Å². The van der Waals surface area contributed by atoms with Gasteiger partial charge < -0.3 is 0 Å². The van der Waals surface area contributed by atoms with Gasteiger partial charge in [0.05, 0.1) is 22.2 Å². The first-order chi connectivity index (χ1) is 30.2. The normalized spacial score (nSPS) is 11.6. The fourth-order valence-corrected chi connectivity index (χ4v) is 9.35. The summed E-state index contributed by atoms with van der Waals surface area (Å²) in [5, 5.41) is 8.27. The van der Waals surface area contributed by atoms with Gasteiger partial charge in [-0.15, -0.1) is 0 Å². The van der Waals surface area contributed by atoms with Crippen LogP contribution in [0, 0.1) is 0 Å². The minimum absolute atomic E-state index is 0.648. The molecule has 3 heteroatoms. The number of aromatic nitrogens is 3. The third-order valence-electron chi connectivity index (χ3n) is 12.2. The maximum absolute atomic E-state index is 5.48. The lowest BCUT2D eigenvalue weighted by molar-refractivity contribution is 1.01. The van der Waals surface area contributed by atoms with E-state index in [1.807, 2.05) is 0 Å². The Morgan fingerprint density at radius 3 is 1.67 bits per heavy atom. The second-order valence-electron chi connectivity index (χ2n) is 15.7. The van der Waals surface area contributed by atoms with Crippen molar-refractivity contribution in [2.45, 2.75) is 0 Å². The molecule has 2 heterocycles. The Morgan fingerprint density at radius 2 is 0.836 bits per heavy atom. The minimum Gasteiger partial charge on any atom is -0.278 e. The summed E-state index contributed by atoms with van der Waals surface area (Å²) in [4.78, 5) is 10.8. The SMILES string of the molecule is c1ccc(-c2ccc(-c3cccc4cccc(-c5cccc(-c6nc(-n7c8ccccc8c8cc(-c9cccc%10ccccc9%10)ccc87)nc7ccccc67)c5)c34)cc2)cc1. The van der Waals surface area contributed by atoms with Crippen molar-refractivity contribution < 1.29 is 0 Å². The van der Waals surface area contributed by atoms with Gasteiger partial charge in [0.25, 0.3) is 0 Å². The van der Waals surface area contributed by atoms with Crippen LogP contribution in [0.4, 0.5) is 0 Å². The first kappa shape index (κ1) is 34.9. The maximum Gasteiger partial charge on any atom is 0.235 e. The summed E-state index contributed by atoms with van der Waals surface area (Å²) in [5.41, 5.74) is 14.5. The zero-order valence-electron chi connectivity index (χ0n) is 33.2. The Bertz CT molecular complexity index is 3630. The van der Waals surface area contributed by atoms with Crippen LogP contribution < -0.4 is 0 Å². The van der Waals surface area contributed by atoms with E-state index >= 15 is 0 Å². The molecule has 0 amide bonds. The summed E-state index contributed by atoms with van der Waals surface area (Å²) >= 11 is 0. The zero-order chi connectivity index (χ0) is 40.3. The molecule has 12 aromatic rings. The molecule has 0 bridgehead atoms. The Balaban J connectivity index is 1.01. The number of fused-ring (bicyclic) bond motifs is 6. The highest BCUT2D eigenvalue weighted by atomic mass is 15.2. The molecule has 61 heavy (non-hydrogen) atoms. The van der Waals surface area contributed by atoms with Gasteiger partial charge in [-0.05, 0) is 96.4 Å². The third kappa shape index (κ3) is 5.90. The molecule has 12 rings (SSSR count). The van der Waals surface area contributed by atoms with E-state index < -0.39 is 0 Å². The van der Waals surface area contributed by atoms with Crippen molar-refractivity contribution in [3.05, 3.63) is 224 Å². The highest BCUT2D eigenvalue weighted by molar-refractivity contribution is 6.12. The molecule has 0 fully saturated rings. The minimum atomic E-state index is 0.648. The number of hydrogen-bond donors (Lipinski definition) is 0. The summed E-state index contributed by atoms with van der Waals surface area (Å²) < 4.78 is 2.23. The van der Waals surface area contributed by atoms with Crippen LogP contribution in [0.1, 0.15) is 0 Å². The molecule has 0 radical (unpaired) electrons. The average Bonchev–Trinajstić information content (AvgIpc) is 3.67. The first-order valence-corrected chi connectivity index (χ1v) is 20.8. The number of benzene rings is 10. The van der Waals surface area contributed by atoms with Crippen LogP contribution in [-0.2, 0) is 0 Å². The number of hydrogen-bond acceptors (Lipinski definition) is 2. The van der Waals surface area contributed by atoms with Crippen molar-refractivity contribution in [2.75, 3.05) is 0 Å². The molecule has 0 atom stereocenters. The van der Waals surface area contributed by atoms with Crippen molar-refractivity contribution in [1.82, 2.24) is 14.5 Å². The van der Waals surface area contributed by atoms with Crippen LogP contribution in [-0.4, -0.2) is 14.5 Å². The van der Waals surface area contributed by atoms with Gasteiger partial charge in [0.2, 0.25) is 5.95 Å². The molecular formula is C58H37N3. The van der Waals surface area contributed by atoms with Gasteiger partial charge >= 0.3 is 0 Å². The Kier molecular flexibility index (Phi) is 8.17. The van der Waals surface area contributed by atoms with Gasteiger partial charge in [-0.3, -0.25) is 4.57 Å². The fourth-order valence-electron chi connectivity index (χ4n) is 9.35. The van der Waals surface area contributed by atoms with Crippen molar-refractivity contribution in [3.63, 3.8) is 0 Å². The molecule has 0 aliphatic rings. The van der Waals surface area contributed by atoms with Crippen molar-refractivity contribution in [2.24, 2.45) is 0 Å². The Hall–Kier alpha value is -8.14. The van der Waals surface area contributed by atoms with Gasteiger partial charge in [-0.25, -0.2) is 9.97 Å². The van der Waals surface area contributed by atoms with E-state index in [9.17, 15) is 0 Å². The Labute approximate surface area is 353 Å². The lowest BCUT2D eigenvalue weighted by atomic mass is 9.90. The van der Waals surface area contributed by atoms with Gasteiger partial charge in [0, 0.05) is 21.7 Å². The fraction of sp³-hybridized carbons (Fsp3) is 0.